The molecule has 0 amide bonds. The Balaban J connectivity index is 1.38. The average molecular weight is 492 g/mol. The van der Waals surface area contributed by atoms with Crippen molar-refractivity contribution in [3.05, 3.63) is 0 Å². The smallest absolute Gasteiger partial charge is 0.395 e. The molecule has 3 atom stereocenters. The van der Waals surface area contributed by atoms with E-state index in [1.165, 1.54) is 0 Å². The first-order valence-electron chi connectivity index (χ1n) is 10.6. The van der Waals surface area contributed by atoms with Crippen molar-refractivity contribution in [2.75, 3.05) is 13.2 Å². The van der Waals surface area contributed by atoms with Gasteiger partial charge < -0.3 is 18.9 Å². The van der Waals surface area contributed by atoms with Gasteiger partial charge in [0, 0.05) is 18.8 Å². The summed E-state index contributed by atoms with van der Waals surface area (Å²) in [7, 11) is 0. The van der Waals surface area contributed by atoms with Gasteiger partial charge in [0.25, 0.3) is 0 Å². The van der Waals surface area contributed by atoms with Gasteiger partial charge in [0.05, 0.1) is 6.61 Å². The van der Waals surface area contributed by atoms with Crippen LogP contribution in [-0.4, -0.2) is 60.7 Å². The van der Waals surface area contributed by atoms with Crippen molar-refractivity contribution in [2.45, 2.75) is 81.0 Å². The highest BCUT2D eigenvalue weighted by molar-refractivity contribution is 5.78. The quantitative estimate of drug-likeness (QED) is 0.413. The Bertz CT molecular complexity index is 792. The molecule has 1 heterocycles. The standard InChI is InChI=1S/C20H23F7O6/c1-16(21,22)14(28)33-17-4-10-2-11(5-17)20(12(3-10)6-17)31-8-13(32-20)7-30-15(29)18(23,24)9-19(25,26)27/h10-13H,2-9H2,1H3. The highest BCUT2D eigenvalue weighted by Gasteiger charge is 2.68. The Labute approximate surface area is 184 Å². The number of esters is 2. The van der Waals surface area contributed by atoms with Crippen LogP contribution in [0, 0.1) is 17.8 Å². The van der Waals surface area contributed by atoms with Gasteiger partial charge in [-0.3, -0.25) is 0 Å². The molecule has 3 unspecified atom stereocenters. The fourth-order valence-corrected chi connectivity index (χ4v) is 5.93. The van der Waals surface area contributed by atoms with Crippen LogP contribution in [0.25, 0.3) is 0 Å². The van der Waals surface area contributed by atoms with E-state index in [-0.39, 0.29) is 37.2 Å². The first-order valence-corrected chi connectivity index (χ1v) is 10.6. The summed E-state index contributed by atoms with van der Waals surface area (Å²) >= 11 is 0. The summed E-state index contributed by atoms with van der Waals surface area (Å²) in [5.74, 6) is -14.0. The molecule has 0 aromatic carbocycles. The van der Waals surface area contributed by atoms with E-state index in [2.05, 4.69) is 4.74 Å². The number of alkyl halides is 7. The Morgan fingerprint density at radius 1 is 0.970 bits per heavy atom. The van der Waals surface area contributed by atoms with Crippen molar-refractivity contribution in [3.8, 4) is 0 Å². The molecule has 4 bridgehead atoms. The lowest BCUT2D eigenvalue weighted by molar-refractivity contribution is -0.322. The van der Waals surface area contributed by atoms with Crippen LogP contribution in [0.4, 0.5) is 30.7 Å². The monoisotopic (exact) mass is 492 g/mol. The third-order valence-corrected chi connectivity index (χ3v) is 6.91. The van der Waals surface area contributed by atoms with Crippen molar-refractivity contribution in [1.29, 1.82) is 0 Å². The third-order valence-electron chi connectivity index (χ3n) is 6.91. The first kappa shape index (κ1) is 24.5. The van der Waals surface area contributed by atoms with Crippen LogP contribution < -0.4 is 0 Å². The van der Waals surface area contributed by atoms with E-state index in [0.29, 0.717) is 26.2 Å². The molecule has 5 rings (SSSR count). The molecule has 0 radical (unpaired) electrons. The molecule has 1 saturated heterocycles. The van der Waals surface area contributed by atoms with E-state index in [0.717, 1.165) is 0 Å². The highest BCUT2D eigenvalue weighted by atomic mass is 19.4. The van der Waals surface area contributed by atoms with Crippen LogP contribution in [-0.2, 0) is 28.5 Å². The van der Waals surface area contributed by atoms with Crippen LogP contribution in [0.1, 0.15) is 45.4 Å². The topological polar surface area (TPSA) is 71.1 Å². The Hall–Kier alpha value is -1.63. The van der Waals surface area contributed by atoms with Crippen LogP contribution in [0.2, 0.25) is 0 Å². The predicted octanol–water partition coefficient (Wildman–Crippen LogP) is 4.01. The molecule has 5 fully saturated rings. The van der Waals surface area contributed by atoms with Crippen molar-refractivity contribution in [1.82, 2.24) is 0 Å². The van der Waals surface area contributed by atoms with Crippen LogP contribution in [0.15, 0.2) is 0 Å². The number of hydrogen-bond donors (Lipinski definition) is 0. The van der Waals surface area contributed by atoms with Gasteiger partial charge >= 0.3 is 30.0 Å². The summed E-state index contributed by atoms with van der Waals surface area (Å²) in [5.41, 5.74) is -1.06. The molecule has 1 spiro atoms. The summed E-state index contributed by atoms with van der Waals surface area (Å²) in [6.45, 7) is -0.403. The molecule has 4 saturated carbocycles. The molecule has 1 aliphatic heterocycles. The number of hydrogen-bond acceptors (Lipinski definition) is 6. The number of rotatable bonds is 6. The number of halogens is 7. The fraction of sp³-hybridized carbons (Fsp3) is 0.900. The third kappa shape index (κ3) is 4.67. The van der Waals surface area contributed by atoms with Gasteiger partial charge in [-0.1, -0.05) is 0 Å². The minimum absolute atomic E-state index is 0.108. The minimum Gasteiger partial charge on any atom is -0.458 e. The average Bonchev–Trinajstić information content (AvgIpc) is 3.06. The van der Waals surface area contributed by atoms with Crippen LogP contribution in [0.3, 0.4) is 0 Å². The molecule has 33 heavy (non-hydrogen) atoms. The van der Waals surface area contributed by atoms with E-state index in [9.17, 15) is 40.3 Å². The molecular formula is C20H23F7O6. The summed E-state index contributed by atoms with van der Waals surface area (Å²) in [6, 6.07) is 0. The highest BCUT2D eigenvalue weighted by Crippen LogP contribution is 2.64. The Morgan fingerprint density at radius 2 is 1.58 bits per heavy atom. The molecule has 188 valence electrons. The maximum atomic E-state index is 13.4. The molecule has 5 aliphatic rings. The lowest BCUT2D eigenvalue weighted by Gasteiger charge is -2.62. The number of carbonyl (C=O) groups excluding carboxylic acids is 2. The molecule has 4 aliphatic carbocycles. The van der Waals surface area contributed by atoms with Crippen molar-refractivity contribution >= 4 is 11.9 Å². The lowest BCUT2D eigenvalue weighted by Crippen LogP contribution is -2.65. The first-order chi connectivity index (χ1) is 15.0. The Morgan fingerprint density at radius 3 is 2.12 bits per heavy atom. The minimum atomic E-state index is -5.25. The molecular weight excluding hydrogens is 469 g/mol. The van der Waals surface area contributed by atoms with E-state index in [1.807, 2.05) is 0 Å². The van der Waals surface area contributed by atoms with Gasteiger partial charge in [-0.2, -0.15) is 30.7 Å². The zero-order valence-electron chi connectivity index (χ0n) is 17.6. The molecule has 0 aromatic rings. The second-order valence-corrected chi connectivity index (χ2v) is 9.67. The van der Waals surface area contributed by atoms with Gasteiger partial charge in [-0.25, -0.2) is 9.59 Å². The summed E-state index contributed by atoms with van der Waals surface area (Å²) in [5, 5.41) is 0. The van der Waals surface area contributed by atoms with Crippen molar-refractivity contribution < 1.29 is 59.3 Å². The van der Waals surface area contributed by atoms with Crippen LogP contribution >= 0.6 is 0 Å². The van der Waals surface area contributed by atoms with E-state index in [4.69, 9.17) is 14.2 Å². The van der Waals surface area contributed by atoms with E-state index < -0.39 is 60.5 Å². The van der Waals surface area contributed by atoms with Gasteiger partial charge in [-0.05, 0) is 38.0 Å². The van der Waals surface area contributed by atoms with Crippen molar-refractivity contribution in [3.63, 3.8) is 0 Å². The van der Waals surface area contributed by atoms with E-state index in [1.54, 1.807) is 0 Å². The van der Waals surface area contributed by atoms with Gasteiger partial charge in [-0.15, -0.1) is 0 Å². The summed E-state index contributed by atoms with van der Waals surface area (Å²) < 4.78 is 112. The summed E-state index contributed by atoms with van der Waals surface area (Å²) in [6.07, 6.45) is -6.73. The van der Waals surface area contributed by atoms with Crippen LogP contribution in [0.5, 0.6) is 0 Å². The maximum absolute atomic E-state index is 13.4. The lowest BCUT2D eigenvalue weighted by atomic mass is 9.51. The Kier molecular flexibility index (Phi) is 5.71. The molecule has 0 N–H and O–H groups in total. The van der Waals surface area contributed by atoms with Gasteiger partial charge in [0.2, 0.25) is 0 Å². The fourth-order valence-electron chi connectivity index (χ4n) is 5.93. The second-order valence-electron chi connectivity index (χ2n) is 9.67. The largest absolute Gasteiger partial charge is 0.458 e. The molecule has 13 heteroatoms. The van der Waals surface area contributed by atoms with Crippen molar-refractivity contribution in [2.24, 2.45) is 17.8 Å². The summed E-state index contributed by atoms with van der Waals surface area (Å²) in [4.78, 5) is 23.3. The maximum Gasteiger partial charge on any atom is 0.395 e. The second kappa shape index (κ2) is 7.69. The van der Waals surface area contributed by atoms with E-state index >= 15 is 0 Å². The zero-order chi connectivity index (χ0) is 24.4. The molecule has 0 aromatic heterocycles. The SMILES string of the molecule is CC(F)(F)C(=O)OC12CC3CC(C1)C1(OCC(COC(=O)C(F)(F)CC(F)(F)F)O1)C(C3)C2. The zero-order valence-corrected chi connectivity index (χ0v) is 17.6. The predicted molar refractivity (Wildman–Crippen MR) is 93.1 cm³/mol. The molecule has 6 nitrogen and oxygen atoms in total. The normalized spacial score (nSPS) is 38.1. The van der Waals surface area contributed by atoms with Gasteiger partial charge in [0.1, 0.15) is 24.7 Å². The van der Waals surface area contributed by atoms with Gasteiger partial charge in [0.15, 0.2) is 5.79 Å². The number of ether oxygens (including phenoxy) is 4. The number of carbonyl (C=O) groups is 2.